The molecule has 9 heteroatoms. The van der Waals surface area contributed by atoms with E-state index in [1.54, 1.807) is 6.07 Å². The number of aromatic nitrogens is 7. The normalized spacial score (nSPS) is 11.0. The summed E-state index contributed by atoms with van der Waals surface area (Å²) in [5, 5.41) is 27.1. The summed E-state index contributed by atoms with van der Waals surface area (Å²) >= 11 is 0. The van der Waals surface area contributed by atoms with Crippen LogP contribution in [0.4, 0.5) is 0 Å². The van der Waals surface area contributed by atoms with Gasteiger partial charge in [-0.1, -0.05) is 36.4 Å². The third-order valence-corrected chi connectivity index (χ3v) is 5.49. The first-order valence-corrected chi connectivity index (χ1v) is 11.0. The van der Waals surface area contributed by atoms with Gasteiger partial charge < -0.3 is 9.94 Å². The summed E-state index contributed by atoms with van der Waals surface area (Å²) < 4.78 is 8.55. The van der Waals surface area contributed by atoms with E-state index in [9.17, 15) is 5.21 Å². The summed E-state index contributed by atoms with van der Waals surface area (Å²) in [4.78, 5) is 4.46. The molecule has 5 aromatic rings. The van der Waals surface area contributed by atoms with Gasteiger partial charge in [-0.25, -0.2) is 10.1 Å². The summed E-state index contributed by atoms with van der Waals surface area (Å²) in [6.07, 6.45) is 3.46. The van der Waals surface area contributed by atoms with E-state index in [2.05, 4.69) is 31.7 Å². The number of hydrogen-bond donors (Lipinski definition) is 1. The molecule has 1 N–H and O–H groups in total. The van der Waals surface area contributed by atoms with Crippen molar-refractivity contribution in [1.82, 2.24) is 30.2 Å². The summed E-state index contributed by atoms with van der Waals surface area (Å²) in [7, 11) is 0. The Bertz CT molecular complexity index is 1430. The second-order valence-corrected chi connectivity index (χ2v) is 7.81. The van der Waals surface area contributed by atoms with Gasteiger partial charge in [0.1, 0.15) is 0 Å². The van der Waals surface area contributed by atoms with Gasteiger partial charge in [-0.2, -0.15) is 4.73 Å². The number of ether oxygens (including phenoxy) is 1. The van der Waals surface area contributed by atoms with Crippen molar-refractivity contribution in [3.63, 3.8) is 0 Å². The number of imidazole rings is 1. The Morgan fingerprint density at radius 3 is 2.56 bits per heavy atom. The Hall–Kier alpha value is -4.53. The average Bonchev–Trinajstić information content (AvgIpc) is 3.50. The molecule has 0 spiro atoms. The molecular formula is C25H23N7O2. The largest absolute Gasteiger partial charge is 0.618 e. The molecule has 9 nitrogen and oxygen atoms in total. The number of benzene rings is 2. The van der Waals surface area contributed by atoms with Gasteiger partial charge in [0.05, 0.1) is 24.4 Å². The highest BCUT2D eigenvalue weighted by Gasteiger charge is 2.19. The molecule has 0 saturated carbocycles. The number of hydrogen-bond acceptors (Lipinski definition) is 6. The standard InChI is InChI=1S/C25H23N7O2/c1-3-34-25-26-17(2)15-31(25)16-18-11-12-20(22(14-18)23-10-6-7-13-32(23)33)19-8-4-5-9-21(19)24-27-29-30-28-24/h4-15H,3,16H2,1-2H3,(H,27,28,29,30). The molecule has 0 atom stereocenters. The fourth-order valence-electron chi connectivity index (χ4n) is 4.05. The quantitative estimate of drug-likeness (QED) is 0.297. The molecule has 0 fully saturated rings. The third kappa shape index (κ3) is 4.11. The van der Waals surface area contributed by atoms with Gasteiger partial charge in [0.2, 0.25) is 5.69 Å². The summed E-state index contributed by atoms with van der Waals surface area (Å²) in [6, 6.07) is 19.9. The van der Waals surface area contributed by atoms with E-state index in [-0.39, 0.29) is 0 Å². The average molecular weight is 454 g/mol. The van der Waals surface area contributed by atoms with Crippen LogP contribution in [0.2, 0.25) is 0 Å². The lowest BCUT2D eigenvalue weighted by molar-refractivity contribution is -0.593. The fraction of sp³-hybridized carbons (Fsp3) is 0.160. The van der Waals surface area contributed by atoms with E-state index in [1.165, 1.54) is 6.20 Å². The van der Waals surface area contributed by atoms with Crippen molar-refractivity contribution >= 4 is 0 Å². The van der Waals surface area contributed by atoms with Crippen LogP contribution in [0.5, 0.6) is 6.01 Å². The molecule has 0 saturated heterocycles. The van der Waals surface area contributed by atoms with Crippen molar-refractivity contribution in [2.45, 2.75) is 20.4 Å². The van der Waals surface area contributed by atoms with Gasteiger partial charge in [0.15, 0.2) is 12.0 Å². The zero-order chi connectivity index (χ0) is 23.5. The molecule has 0 aliphatic carbocycles. The number of H-pyrrole nitrogens is 1. The zero-order valence-corrected chi connectivity index (χ0v) is 18.8. The van der Waals surface area contributed by atoms with Gasteiger partial charge in [0, 0.05) is 23.9 Å². The molecule has 0 aliphatic heterocycles. The van der Waals surface area contributed by atoms with Crippen molar-refractivity contribution in [3.8, 4) is 39.8 Å². The number of rotatable bonds is 7. The predicted octanol–water partition coefficient (Wildman–Crippen LogP) is 3.79. The molecule has 0 radical (unpaired) electrons. The molecule has 5 rings (SSSR count). The van der Waals surface area contributed by atoms with Crippen LogP contribution in [0.3, 0.4) is 0 Å². The molecular weight excluding hydrogens is 430 g/mol. The highest BCUT2D eigenvalue weighted by Crippen LogP contribution is 2.36. The number of aryl methyl sites for hydroxylation is 1. The van der Waals surface area contributed by atoms with Gasteiger partial charge in [-0.15, -0.1) is 5.10 Å². The Labute approximate surface area is 196 Å². The van der Waals surface area contributed by atoms with E-state index in [0.29, 0.717) is 30.7 Å². The monoisotopic (exact) mass is 453 g/mol. The van der Waals surface area contributed by atoms with E-state index in [1.807, 2.05) is 73.1 Å². The van der Waals surface area contributed by atoms with Gasteiger partial charge in [0.25, 0.3) is 6.01 Å². The molecule has 34 heavy (non-hydrogen) atoms. The lowest BCUT2D eigenvalue weighted by atomic mass is 9.92. The maximum absolute atomic E-state index is 12.8. The molecule has 0 bridgehead atoms. The topological polar surface area (TPSA) is 108 Å². The first-order valence-electron chi connectivity index (χ1n) is 11.0. The fourth-order valence-corrected chi connectivity index (χ4v) is 4.05. The number of pyridine rings is 1. The zero-order valence-electron chi connectivity index (χ0n) is 18.8. The molecule has 3 heterocycles. The van der Waals surface area contributed by atoms with Crippen LogP contribution in [0, 0.1) is 12.1 Å². The molecule has 0 unspecified atom stereocenters. The van der Waals surface area contributed by atoms with Crippen LogP contribution in [-0.2, 0) is 6.54 Å². The van der Waals surface area contributed by atoms with E-state index >= 15 is 0 Å². The Balaban J connectivity index is 1.66. The minimum Gasteiger partial charge on any atom is -0.618 e. The van der Waals surface area contributed by atoms with Crippen LogP contribution in [0.1, 0.15) is 18.2 Å². The minimum atomic E-state index is 0.536. The smallest absolute Gasteiger partial charge is 0.296 e. The Kier molecular flexibility index (Phi) is 5.73. The van der Waals surface area contributed by atoms with Crippen molar-refractivity contribution in [1.29, 1.82) is 0 Å². The number of nitrogens with one attached hydrogen (secondary N) is 1. The number of tetrazole rings is 1. The first kappa shape index (κ1) is 21.3. The molecule has 0 amide bonds. The van der Waals surface area contributed by atoms with Crippen LogP contribution < -0.4 is 9.47 Å². The van der Waals surface area contributed by atoms with Crippen LogP contribution in [0.15, 0.2) is 73.1 Å². The highest BCUT2D eigenvalue weighted by molar-refractivity contribution is 5.89. The van der Waals surface area contributed by atoms with E-state index in [4.69, 9.17) is 4.74 Å². The van der Waals surface area contributed by atoms with Crippen molar-refractivity contribution in [2.24, 2.45) is 0 Å². The predicted molar refractivity (Wildman–Crippen MR) is 127 cm³/mol. The van der Waals surface area contributed by atoms with Crippen LogP contribution >= 0.6 is 0 Å². The van der Waals surface area contributed by atoms with Crippen LogP contribution in [0.25, 0.3) is 33.8 Å². The van der Waals surface area contributed by atoms with Crippen molar-refractivity contribution in [2.75, 3.05) is 6.61 Å². The van der Waals surface area contributed by atoms with Crippen molar-refractivity contribution < 1.29 is 9.47 Å². The first-order chi connectivity index (χ1) is 16.6. The minimum absolute atomic E-state index is 0.536. The number of aromatic amines is 1. The lowest BCUT2D eigenvalue weighted by Gasteiger charge is -2.15. The summed E-state index contributed by atoms with van der Waals surface area (Å²) in [5.41, 5.74) is 5.92. The lowest BCUT2D eigenvalue weighted by Crippen LogP contribution is -2.28. The Morgan fingerprint density at radius 2 is 1.79 bits per heavy atom. The maximum atomic E-state index is 12.8. The third-order valence-electron chi connectivity index (χ3n) is 5.49. The second-order valence-electron chi connectivity index (χ2n) is 7.81. The molecule has 3 aromatic heterocycles. The SMILES string of the molecule is CCOc1nc(C)cn1Cc1ccc(-c2ccccc2-c2nnn[nH]2)c(-c2cccc[n+]2[O-])c1. The summed E-state index contributed by atoms with van der Waals surface area (Å²) in [5.74, 6) is 0.559. The second kappa shape index (κ2) is 9.14. The number of nitrogens with zero attached hydrogens (tertiary/aromatic N) is 6. The molecule has 170 valence electrons. The molecule has 2 aromatic carbocycles. The van der Waals surface area contributed by atoms with Gasteiger partial charge >= 0.3 is 0 Å². The van der Waals surface area contributed by atoms with E-state index < -0.39 is 0 Å². The van der Waals surface area contributed by atoms with Gasteiger partial charge in [-0.05, 0) is 53.1 Å². The summed E-state index contributed by atoms with van der Waals surface area (Å²) in [6.45, 7) is 4.97. The van der Waals surface area contributed by atoms with Crippen molar-refractivity contribution in [3.05, 3.63) is 89.5 Å². The van der Waals surface area contributed by atoms with Crippen LogP contribution in [-0.4, -0.2) is 36.8 Å². The molecule has 0 aliphatic rings. The highest BCUT2D eigenvalue weighted by atomic mass is 16.5. The maximum Gasteiger partial charge on any atom is 0.296 e. The van der Waals surface area contributed by atoms with Gasteiger partial charge in [-0.3, -0.25) is 4.57 Å². The Morgan fingerprint density at radius 1 is 1.00 bits per heavy atom. The van der Waals surface area contributed by atoms with E-state index in [0.717, 1.165) is 38.2 Å².